The monoisotopic (exact) mass is 517 g/mol. The van der Waals surface area contributed by atoms with Crippen LogP contribution >= 0.6 is 7.26 Å². The minimum Gasteiger partial charge on any atom is -1.00 e. The van der Waals surface area contributed by atoms with E-state index in [4.69, 9.17) is 0 Å². The fourth-order valence-corrected chi connectivity index (χ4v) is 8.08. The molecule has 0 heterocycles. The number of amides is 1. The molecule has 3 aromatic rings. The van der Waals surface area contributed by atoms with Crippen molar-refractivity contribution in [3.63, 3.8) is 0 Å². The highest BCUT2D eigenvalue weighted by Gasteiger charge is 2.51. The molecule has 0 radical (unpaired) electrons. The molecule has 1 amide bonds. The van der Waals surface area contributed by atoms with Crippen LogP contribution < -0.4 is 45.2 Å². The van der Waals surface area contributed by atoms with Crippen LogP contribution in [0.1, 0.15) is 27.7 Å². The number of nitrogens with one attached hydrogen (secondary N) is 1. The summed E-state index contributed by atoms with van der Waals surface area (Å²) in [5.41, 5.74) is -0.437. The van der Waals surface area contributed by atoms with Gasteiger partial charge in [0.15, 0.2) is 5.78 Å². The molecule has 0 saturated heterocycles. The molecule has 0 aliphatic rings. The number of carbonyl (C=O) groups is 1. The standard InChI is InChI=1S/C25H28NOP.HI/c1-20(26-24(27)25(2,3)4)28(21-14-8-5-9-15-21,22-16-10-6-11-17-22)23-18-12-7-13-19-23;/h5-20H,1-4H3;1H. The van der Waals surface area contributed by atoms with Crippen LogP contribution in [0.15, 0.2) is 91.0 Å². The lowest BCUT2D eigenvalue weighted by Crippen LogP contribution is -3.00. The fraction of sp³-hybridized carbons (Fsp3) is 0.240. The summed E-state index contributed by atoms with van der Waals surface area (Å²) < 4.78 is 0. The zero-order valence-corrected chi connectivity index (χ0v) is 20.5. The zero-order chi connectivity index (χ0) is 20.2. The predicted octanol–water partition coefficient (Wildman–Crippen LogP) is 1.49. The molecule has 1 N–H and O–H groups in total. The summed E-state index contributed by atoms with van der Waals surface area (Å²) in [6.07, 6.45) is 0. The Labute approximate surface area is 192 Å². The highest BCUT2D eigenvalue weighted by atomic mass is 127. The molecule has 0 saturated carbocycles. The molecule has 0 spiro atoms. The first-order chi connectivity index (χ1) is 13.4. The number of benzene rings is 3. The summed E-state index contributed by atoms with van der Waals surface area (Å²) in [5, 5.41) is 7.18. The second kappa shape index (κ2) is 9.86. The molecule has 0 fully saturated rings. The van der Waals surface area contributed by atoms with E-state index in [9.17, 15) is 4.79 Å². The molecule has 4 heteroatoms. The maximum absolute atomic E-state index is 12.9. The maximum atomic E-state index is 12.9. The number of carbonyl (C=O) groups excluding carboxylic acids is 1. The van der Waals surface area contributed by atoms with Crippen LogP contribution in [0, 0.1) is 5.41 Å². The molecule has 29 heavy (non-hydrogen) atoms. The van der Waals surface area contributed by atoms with Gasteiger partial charge in [-0.1, -0.05) is 75.4 Å². The van der Waals surface area contributed by atoms with E-state index < -0.39 is 12.7 Å². The molecular weight excluding hydrogens is 488 g/mol. The van der Waals surface area contributed by atoms with E-state index in [0.717, 1.165) is 0 Å². The second-order valence-corrected chi connectivity index (χ2v) is 11.9. The topological polar surface area (TPSA) is 29.1 Å². The SMILES string of the molecule is CC(NC(=O)C(C)(C)C)[P+](c1ccccc1)(c1ccccc1)c1ccccc1.[I-]. The van der Waals surface area contributed by atoms with E-state index >= 15 is 0 Å². The summed E-state index contributed by atoms with van der Waals surface area (Å²) in [6.45, 7) is 8.04. The van der Waals surface area contributed by atoms with E-state index in [1.807, 2.05) is 39.0 Å². The molecule has 0 aliphatic carbocycles. The van der Waals surface area contributed by atoms with Gasteiger partial charge in [0, 0.05) is 5.41 Å². The van der Waals surface area contributed by atoms with E-state index in [1.165, 1.54) is 15.9 Å². The van der Waals surface area contributed by atoms with E-state index in [-0.39, 0.29) is 35.7 Å². The van der Waals surface area contributed by atoms with Gasteiger partial charge in [0.05, 0.1) is 0 Å². The third-order valence-electron chi connectivity index (χ3n) is 5.09. The molecule has 3 aromatic carbocycles. The van der Waals surface area contributed by atoms with Gasteiger partial charge in [-0.2, -0.15) is 0 Å². The summed E-state index contributed by atoms with van der Waals surface area (Å²) in [4.78, 5) is 12.9. The normalized spacial score (nSPS) is 12.6. The van der Waals surface area contributed by atoms with Crippen LogP contribution in [0.3, 0.4) is 0 Å². The predicted molar refractivity (Wildman–Crippen MR) is 122 cm³/mol. The Bertz CT molecular complexity index is 811. The van der Waals surface area contributed by atoms with Gasteiger partial charge >= 0.3 is 0 Å². The first-order valence-corrected chi connectivity index (χ1v) is 11.6. The van der Waals surface area contributed by atoms with Crippen molar-refractivity contribution in [2.24, 2.45) is 5.41 Å². The first kappa shape index (κ1) is 23.6. The van der Waals surface area contributed by atoms with Crippen LogP contribution in [0.2, 0.25) is 0 Å². The lowest BCUT2D eigenvalue weighted by molar-refractivity contribution is -0.128. The number of hydrogen-bond donors (Lipinski definition) is 1. The van der Waals surface area contributed by atoms with Crippen LogP contribution in [-0.4, -0.2) is 11.7 Å². The van der Waals surface area contributed by atoms with Crippen molar-refractivity contribution in [3.05, 3.63) is 91.0 Å². The van der Waals surface area contributed by atoms with Crippen molar-refractivity contribution >= 4 is 29.1 Å². The molecule has 0 aliphatic heterocycles. The first-order valence-electron chi connectivity index (χ1n) is 9.73. The van der Waals surface area contributed by atoms with Gasteiger partial charge in [-0.3, -0.25) is 4.79 Å². The Morgan fingerprint density at radius 1 is 0.724 bits per heavy atom. The largest absolute Gasteiger partial charge is 1.00 e. The van der Waals surface area contributed by atoms with Crippen molar-refractivity contribution < 1.29 is 28.8 Å². The summed E-state index contributed by atoms with van der Waals surface area (Å²) in [6, 6.07) is 31.9. The quantitative estimate of drug-likeness (QED) is 0.404. The van der Waals surface area contributed by atoms with Crippen molar-refractivity contribution in [2.45, 2.75) is 33.5 Å². The Morgan fingerprint density at radius 2 is 1.03 bits per heavy atom. The number of halogens is 1. The van der Waals surface area contributed by atoms with Gasteiger partial charge in [-0.05, 0) is 43.3 Å². The Kier molecular flexibility index (Phi) is 8.02. The van der Waals surface area contributed by atoms with Crippen LogP contribution in [-0.2, 0) is 4.79 Å². The van der Waals surface area contributed by atoms with Crippen LogP contribution in [0.4, 0.5) is 0 Å². The summed E-state index contributed by atoms with van der Waals surface area (Å²) in [7, 11) is -2.10. The van der Waals surface area contributed by atoms with E-state index in [2.05, 4.69) is 85.0 Å². The van der Waals surface area contributed by atoms with Gasteiger partial charge in [-0.15, -0.1) is 0 Å². The smallest absolute Gasteiger partial charge is 0.228 e. The highest BCUT2D eigenvalue weighted by Crippen LogP contribution is 2.58. The Balaban J connectivity index is 0.00000300. The zero-order valence-electron chi connectivity index (χ0n) is 17.5. The lowest BCUT2D eigenvalue weighted by Gasteiger charge is -2.34. The highest BCUT2D eigenvalue weighted by molar-refractivity contribution is 7.96. The van der Waals surface area contributed by atoms with Gasteiger partial charge in [0.2, 0.25) is 5.91 Å². The number of rotatable bonds is 5. The van der Waals surface area contributed by atoms with E-state index in [0.29, 0.717) is 0 Å². The molecule has 1 unspecified atom stereocenters. The minimum atomic E-state index is -2.10. The third-order valence-corrected chi connectivity index (χ3v) is 9.72. The summed E-state index contributed by atoms with van der Waals surface area (Å²) in [5.74, 6) is 0.0404. The lowest BCUT2D eigenvalue weighted by atomic mass is 9.96. The molecular formula is C25H29INOP. The molecule has 1 atom stereocenters. The molecule has 152 valence electrons. The van der Waals surface area contributed by atoms with Crippen molar-refractivity contribution in [1.82, 2.24) is 5.32 Å². The van der Waals surface area contributed by atoms with E-state index in [1.54, 1.807) is 0 Å². The maximum Gasteiger partial charge on any atom is 0.228 e. The average Bonchev–Trinajstić information content (AvgIpc) is 2.70. The molecule has 2 nitrogen and oxygen atoms in total. The Morgan fingerprint density at radius 3 is 1.31 bits per heavy atom. The number of hydrogen-bond acceptors (Lipinski definition) is 1. The molecule has 3 rings (SSSR count). The van der Waals surface area contributed by atoms with Crippen LogP contribution in [0.5, 0.6) is 0 Å². The van der Waals surface area contributed by atoms with Crippen LogP contribution in [0.25, 0.3) is 0 Å². The van der Waals surface area contributed by atoms with Crippen molar-refractivity contribution in [3.8, 4) is 0 Å². The van der Waals surface area contributed by atoms with Gasteiger partial charge < -0.3 is 29.3 Å². The Hall–Kier alpha value is -1.71. The summed E-state index contributed by atoms with van der Waals surface area (Å²) >= 11 is 0. The molecule has 0 aromatic heterocycles. The average molecular weight is 517 g/mol. The van der Waals surface area contributed by atoms with Crippen molar-refractivity contribution in [2.75, 3.05) is 0 Å². The minimum absolute atomic E-state index is 0. The van der Waals surface area contributed by atoms with Crippen molar-refractivity contribution in [1.29, 1.82) is 0 Å². The van der Waals surface area contributed by atoms with Gasteiger partial charge in [-0.25, -0.2) is 0 Å². The second-order valence-electron chi connectivity index (χ2n) is 8.13. The van der Waals surface area contributed by atoms with Gasteiger partial charge in [0.25, 0.3) is 0 Å². The van der Waals surface area contributed by atoms with Gasteiger partial charge in [0.1, 0.15) is 23.2 Å². The molecule has 0 bridgehead atoms. The third kappa shape index (κ3) is 4.90. The fourth-order valence-electron chi connectivity index (χ4n) is 3.61.